The van der Waals surface area contributed by atoms with Crippen LogP contribution in [0, 0.1) is 5.92 Å². The largest absolute Gasteiger partial charge is 0.417 e. The summed E-state index contributed by atoms with van der Waals surface area (Å²) in [5, 5.41) is 0. The highest BCUT2D eigenvalue weighted by Gasteiger charge is 2.34. The molecule has 0 unspecified atom stereocenters. The van der Waals surface area contributed by atoms with E-state index in [-0.39, 0.29) is 24.4 Å². The van der Waals surface area contributed by atoms with Crippen LogP contribution >= 0.6 is 0 Å². The predicted octanol–water partition coefficient (Wildman–Crippen LogP) is 1.28. The number of likely N-dealkylation sites (tertiary alicyclic amines) is 1. The summed E-state index contributed by atoms with van der Waals surface area (Å²) in [6, 6.07) is 1.77. The Bertz CT molecular complexity index is 640. The van der Waals surface area contributed by atoms with E-state index >= 15 is 0 Å². The predicted molar refractivity (Wildman–Crippen MR) is 78.9 cm³/mol. The Kier molecular flexibility index (Phi) is 4.84. The molecule has 1 fully saturated rings. The molecule has 1 aliphatic heterocycles. The Hall–Kier alpha value is -1.83. The van der Waals surface area contributed by atoms with Gasteiger partial charge >= 0.3 is 6.18 Å². The molecule has 2 heterocycles. The summed E-state index contributed by atoms with van der Waals surface area (Å²) >= 11 is 0. The molecule has 8 heteroatoms. The van der Waals surface area contributed by atoms with Gasteiger partial charge in [0.15, 0.2) is 0 Å². The third-order valence-corrected chi connectivity index (χ3v) is 4.21. The van der Waals surface area contributed by atoms with Crippen molar-refractivity contribution in [3.8, 4) is 0 Å². The number of carbonyl (C=O) groups excluding carboxylic acids is 1. The fraction of sp³-hybridized carbons (Fsp3) is 0.600. The van der Waals surface area contributed by atoms with E-state index in [2.05, 4.69) is 0 Å². The summed E-state index contributed by atoms with van der Waals surface area (Å²) < 4.78 is 39.0. The summed E-state index contributed by atoms with van der Waals surface area (Å²) in [5.74, 6) is -0.0743. The molecule has 1 saturated heterocycles. The third kappa shape index (κ3) is 3.93. The van der Waals surface area contributed by atoms with Crippen molar-refractivity contribution in [3.63, 3.8) is 0 Å². The molecule has 2 rings (SSSR count). The van der Waals surface area contributed by atoms with Crippen LogP contribution in [0.4, 0.5) is 13.2 Å². The number of amides is 1. The first-order valence-electron chi connectivity index (χ1n) is 7.31. The first-order valence-corrected chi connectivity index (χ1v) is 7.31. The molecule has 1 aliphatic rings. The van der Waals surface area contributed by atoms with Crippen LogP contribution in [0.15, 0.2) is 23.1 Å². The van der Waals surface area contributed by atoms with Gasteiger partial charge in [0, 0.05) is 31.4 Å². The number of hydrogen-bond donors (Lipinski definition) is 0. The molecule has 1 aromatic rings. The summed E-state index contributed by atoms with van der Waals surface area (Å²) in [7, 11) is 3.85. The molecule has 128 valence electrons. The van der Waals surface area contributed by atoms with E-state index in [9.17, 15) is 22.8 Å². The molecule has 0 spiro atoms. The lowest BCUT2D eigenvalue weighted by Crippen LogP contribution is -2.38. The molecule has 1 amide bonds. The van der Waals surface area contributed by atoms with Gasteiger partial charge in [-0.15, -0.1) is 0 Å². The van der Waals surface area contributed by atoms with Crippen molar-refractivity contribution in [1.82, 2.24) is 14.4 Å². The second kappa shape index (κ2) is 6.35. The van der Waals surface area contributed by atoms with Crippen molar-refractivity contribution in [3.05, 3.63) is 34.2 Å². The molecule has 0 aromatic carbocycles. The highest BCUT2D eigenvalue weighted by atomic mass is 19.4. The number of pyridine rings is 1. The van der Waals surface area contributed by atoms with Gasteiger partial charge in [0.2, 0.25) is 5.91 Å². The molecule has 0 N–H and O–H groups in total. The maximum Gasteiger partial charge on any atom is 0.417 e. The van der Waals surface area contributed by atoms with Crippen molar-refractivity contribution in [2.24, 2.45) is 5.92 Å². The third-order valence-electron chi connectivity index (χ3n) is 4.21. The lowest BCUT2D eigenvalue weighted by atomic mass is 10.1. The van der Waals surface area contributed by atoms with Crippen molar-refractivity contribution in [1.29, 1.82) is 0 Å². The topological polar surface area (TPSA) is 45.6 Å². The summed E-state index contributed by atoms with van der Waals surface area (Å²) in [6.07, 6.45) is -3.85. The van der Waals surface area contributed by atoms with Crippen LogP contribution in [0.1, 0.15) is 12.5 Å². The Morgan fingerprint density at radius 3 is 2.48 bits per heavy atom. The van der Waals surface area contributed by atoms with Gasteiger partial charge in [-0.3, -0.25) is 9.59 Å². The van der Waals surface area contributed by atoms with Gasteiger partial charge in [0.25, 0.3) is 5.56 Å². The van der Waals surface area contributed by atoms with E-state index in [1.165, 1.54) is 0 Å². The molecule has 0 bridgehead atoms. The molecule has 0 saturated carbocycles. The van der Waals surface area contributed by atoms with E-state index < -0.39 is 17.3 Å². The Morgan fingerprint density at radius 2 is 1.96 bits per heavy atom. The molecule has 5 nitrogen and oxygen atoms in total. The molecule has 1 aromatic heterocycles. The van der Waals surface area contributed by atoms with Crippen molar-refractivity contribution >= 4 is 5.91 Å². The second-order valence-electron chi connectivity index (χ2n) is 6.19. The lowest BCUT2D eigenvalue weighted by molar-refractivity contribution is -0.138. The normalized spacial score (nSPS) is 22.0. The first-order chi connectivity index (χ1) is 10.6. The number of aromatic nitrogens is 1. The minimum Gasteiger partial charge on any atom is -0.339 e. The second-order valence-corrected chi connectivity index (χ2v) is 6.19. The van der Waals surface area contributed by atoms with E-state index in [1.54, 1.807) is 4.90 Å². The average molecular weight is 331 g/mol. The maximum atomic E-state index is 12.7. The van der Waals surface area contributed by atoms with Crippen LogP contribution in [-0.2, 0) is 17.5 Å². The van der Waals surface area contributed by atoms with Crippen LogP contribution in [0.25, 0.3) is 0 Å². The Morgan fingerprint density at radius 1 is 1.30 bits per heavy atom. The SMILES string of the molecule is C[C@H]1CN(C(=O)Cn2cc(C(F)(F)F)ccc2=O)C[C@H]1N(C)C. The van der Waals surface area contributed by atoms with Crippen molar-refractivity contribution in [2.45, 2.75) is 25.7 Å². The number of alkyl halides is 3. The number of carbonyl (C=O) groups is 1. The molecule has 0 radical (unpaired) electrons. The molecular weight excluding hydrogens is 311 g/mol. The van der Waals surface area contributed by atoms with Crippen LogP contribution in [0.2, 0.25) is 0 Å². The minimum atomic E-state index is -4.54. The zero-order valence-corrected chi connectivity index (χ0v) is 13.3. The lowest BCUT2D eigenvalue weighted by Gasteiger charge is -2.22. The number of likely N-dealkylation sites (N-methyl/N-ethyl adjacent to an activating group) is 1. The van der Waals surface area contributed by atoms with E-state index in [0.29, 0.717) is 19.3 Å². The van der Waals surface area contributed by atoms with Gasteiger partial charge < -0.3 is 14.4 Å². The highest BCUT2D eigenvalue weighted by Crippen LogP contribution is 2.28. The molecule has 2 atom stereocenters. The van der Waals surface area contributed by atoms with E-state index in [1.807, 2.05) is 25.9 Å². The Balaban J connectivity index is 2.14. The van der Waals surface area contributed by atoms with Crippen LogP contribution < -0.4 is 5.56 Å². The van der Waals surface area contributed by atoms with Gasteiger partial charge in [-0.1, -0.05) is 6.92 Å². The van der Waals surface area contributed by atoms with Gasteiger partial charge in [0.1, 0.15) is 6.54 Å². The standard InChI is InChI=1S/C15H20F3N3O2/c1-10-6-20(8-12(10)19(2)3)14(23)9-21-7-11(15(16,17)18)4-5-13(21)22/h4-5,7,10,12H,6,8-9H2,1-3H3/t10-,12+/m0/s1. The van der Waals surface area contributed by atoms with Crippen LogP contribution in [0.3, 0.4) is 0 Å². The Labute approximate surface area is 132 Å². The van der Waals surface area contributed by atoms with Gasteiger partial charge in [-0.05, 0) is 26.1 Å². The van der Waals surface area contributed by atoms with Gasteiger partial charge in [-0.25, -0.2) is 0 Å². The van der Waals surface area contributed by atoms with E-state index in [0.717, 1.165) is 16.7 Å². The zero-order valence-electron chi connectivity index (χ0n) is 13.3. The quantitative estimate of drug-likeness (QED) is 0.838. The fourth-order valence-corrected chi connectivity index (χ4v) is 2.89. The molecular formula is C15H20F3N3O2. The summed E-state index contributed by atoms with van der Waals surface area (Å²) in [6.45, 7) is 2.69. The summed E-state index contributed by atoms with van der Waals surface area (Å²) in [5.41, 5.74) is -1.56. The van der Waals surface area contributed by atoms with Crippen LogP contribution in [0.5, 0.6) is 0 Å². The maximum absolute atomic E-state index is 12.7. The van der Waals surface area contributed by atoms with Crippen molar-refractivity contribution in [2.75, 3.05) is 27.2 Å². The highest BCUT2D eigenvalue weighted by molar-refractivity contribution is 5.76. The monoisotopic (exact) mass is 331 g/mol. The average Bonchev–Trinajstić information content (AvgIpc) is 2.82. The number of halogens is 3. The smallest absolute Gasteiger partial charge is 0.339 e. The zero-order chi connectivity index (χ0) is 17.4. The van der Waals surface area contributed by atoms with Crippen LogP contribution in [-0.4, -0.2) is 53.5 Å². The van der Waals surface area contributed by atoms with Gasteiger partial charge in [0.05, 0.1) is 5.56 Å². The number of rotatable bonds is 3. The molecule has 23 heavy (non-hydrogen) atoms. The summed E-state index contributed by atoms with van der Waals surface area (Å²) in [4.78, 5) is 27.6. The number of hydrogen-bond acceptors (Lipinski definition) is 3. The van der Waals surface area contributed by atoms with E-state index in [4.69, 9.17) is 0 Å². The first kappa shape index (κ1) is 17.5. The molecule has 0 aliphatic carbocycles. The van der Waals surface area contributed by atoms with Crippen molar-refractivity contribution < 1.29 is 18.0 Å². The van der Waals surface area contributed by atoms with Gasteiger partial charge in [-0.2, -0.15) is 13.2 Å². The number of nitrogens with zero attached hydrogens (tertiary/aromatic N) is 3. The minimum absolute atomic E-state index is 0.206. The fourth-order valence-electron chi connectivity index (χ4n) is 2.89.